The number of carbonyl (C=O) groups is 1. The molecule has 0 bridgehead atoms. The van der Waals surface area contributed by atoms with E-state index in [1.165, 1.54) is 0 Å². The van der Waals surface area contributed by atoms with Gasteiger partial charge in [0.25, 0.3) is 0 Å². The van der Waals surface area contributed by atoms with E-state index >= 15 is 0 Å². The summed E-state index contributed by atoms with van der Waals surface area (Å²) in [5.41, 5.74) is 0.952. The first-order valence-electron chi connectivity index (χ1n) is 12.7. The number of methoxy groups -OCH3 is 3. The van der Waals surface area contributed by atoms with Crippen LogP contribution in [-0.4, -0.2) is 56.0 Å². The highest BCUT2D eigenvalue weighted by atomic mass is 16.5. The van der Waals surface area contributed by atoms with Crippen LogP contribution < -0.4 is 18.9 Å². The van der Waals surface area contributed by atoms with Crippen LogP contribution in [0.25, 0.3) is 6.08 Å². The minimum absolute atomic E-state index is 0.0415. The Morgan fingerprint density at radius 3 is 2.44 bits per heavy atom. The third kappa shape index (κ3) is 5.03. The molecule has 1 saturated carbocycles. The molecule has 0 aromatic heterocycles. The number of rotatable bonds is 8. The lowest BCUT2D eigenvalue weighted by Gasteiger charge is -2.52. The van der Waals surface area contributed by atoms with E-state index in [1.807, 2.05) is 48.2 Å². The fourth-order valence-electron chi connectivity index (χ4n) is 5.79. The summed E-state index contributed by atoms with van der Waals surface area (Å²) in [5, 5.41) is 11.6. The molecule has 1 heterocycles. The van der Waals surface area contributed by atoms with Gasteiger partial charge in [-0.1, -0.05) is 31.0 Å². The topological polar surface area (TPSA) is 77.5 Å². The van der Waals surface area contributed by atoms with Gasteiger partial charge in [-0.3, -0.25) is 4.79 Å². The molecule has 2 aliphatic rings. The summed E-state index contributed by atoms with van der Waals surface area (Å²) in [5.74, 6) is 2.18. The molecular formula is C29H37NO6. The summed E-state index contributed by atoms with van der Waals surface area (Å²) in [6.07, 6.45) is 7.64. The smallest absolute Gasteiger partial charge is 0.247 e. The predicted octanol–water partition coefficient (Wildman–Crippen LogP) is 5.02. The molecule has 2 aromatic carbocycles. The van der Waals surface area contributed by atoms with Crippen molar-refractivity contribution in [3.8, 4) is 23.0 Å². The number of carbonyl (C=O) groups excluding carboxylic acids is 1. The van der Waals surface area contributed by atoms with Gasteiger partial charge in [0, 0.05) is 24.1 Å². The maximum atomic E-state index is 13.7. The second kappa shape index (κ2) is 11.2. The molecule has 1 saturated heterocycles. The number of nitrogens with zero attached hydrogens (tertiary/aromatic N) is 1. The molecule has 1 aliphatic heterocycles. The number of para-hydroxylation sites is 1. The molecule has 2 unspecified atom stereocenters. The van der Waals surface area contributed by atoms with Gasteiger partial charge in [0.05, 0.1) is 39.6 Å². The van der Waals surface area contributed by atoms with Crippen LogP contribution in [0.15, 0.2) is 42.5 Å². The first kappa shape index (κ1) is 25.9. The molecule has 2 aromatic rings. The van der Waals surface area contributed by atoms with Gasteiger partial charge in [0.15, 0.2) is 11.5 Å². The van der Waals surface area contributed by atoms with Crippen LogP contribution >= 0.6 is 0 Å². The van der Waals surface area contributed by atoms with E-state index in [4.69, 9.17) is 18.9 Å². The fourth-order valence-corrected chi connectivity index (χ4v) is 5.79. The number of ether oxygens (including phenoxy) is 4. The molecule has 4 rings (SSSR count). The van der Waals surface area contributed by atoms with Gasteiger partial charge in [0.1, 0.15) is 5.75 Å². The number of benzene rings is 2. The Bertz CT molecular complexity index is 1070. The van der Waals surface area contributed by atoms with Crippen molar-refractivity contribution in [2.24, 2.45) is 5.92 Å². The number of aliphatic hydroxyl groups is 1. The summed E-state index contributed by atoms with van der Waals surface area (Å²) in [6.45, 7) is 2.97. The van der Waals surface area contributed by atoms with Gasteiger partial charge in [-0.05, 0) is 56.0 Å². The summed E-state index contributed by atoms with van der Waals surface area (Å²) in [7, 11) is 4.69. The largest absolute Gasteiger partial charge is 0.494 e. The van der Waals surface area contributed by atoms with E-state index in [2.05, 4.69) is 0 Å². The van der Waals surface area contributed by atoms with Crippen LogP contribution in [0.5, 0.6) is 23.0 Å². The Labute approximate surface area is 213 Å². The third-order valence-corrected chi connectivity index (χ3v) is 7.49. The number of fused-ring (bicyclic) bond motifs is 1. The van der Waals surface area contributed by atoms with Crippen molar-refractivity contribution < 1.29 is 28.8 Å². The number of likely N-dealkylation sites (tertiary alicyclic amines) is 1. The molecule has 0 radical (unpaired) electrons. The van der Waals surface area contributed by atoms with Gasteiger partial charge in [-0.2, -0.15) is 0 Å². The first-order valence-corrected chi connectivity index (χ1v) is 12.7. The quantitative estimate of drug-likeness (QED) is 0.518. The van der Waals surface area contributed by atoms with E-state index in [0.717, 1.165) is 42.6 Å². The Morgan fingerprint density at radius 1 is 1.06 bits per heavy atom. The average molecular weight is 496 g/mol. The normalized spacial score (nSPS) is 23.8. The molecule has 7 nitrogen and oxygen atoms in total. The second-order valence-corrected chi connectivity index (χ2v) is 9.45. The Kier molecular flexibility index (Phi) is 8.09. The Morgan fingerprint density at radius 2 is 1.78 bits per heavy atom. The minimum Gasteiger partial charge on any atom is -0.494 e. The lowest BCUT2D eigenvalue weighted by molar-refractivity contribution is -0.151. The van der Waals surface area contributed by atoms with E-state index in [0.29, 0.717) is 36.8 Å². The maximum absolute atomic E-state index is 13.7. The SMILES string of the molecule is CCOc1ccccc1[C@H]1C2CCCCC2(O)CCN1C(=O)/C=C/c1cc(OC)c(OC)c(OC)c1. The molecule has 36 heavy (non-hydrogen) atoms. The van der Waals surface area contributed by atoms with E-state index < -0.39 is 5.60 Å². The van der Waals surface area contributed by atoms with E-state index in [9.17, 15) is 9.90 Å². The zero-order chi connectivity index (χ0) is 25.7. The van der Waals surface area contributed by atoms with E-state index in [-0.39, 0.29) is 17.9 Å². The van der Waals surface area contributed by atoms with Crippen molar-refractivity contribution in [3.05, 3.63) is 53.6 Å². The molecule has 1 N–H and O–H groups in total. The van der Waals surface area contributed by atoms with Gasteiger partial charge >= 0.3 is 0 Å². The third-order valence-electron chi connectivity index (χ3n) is 7.49. The molecule has 1 amide bonds. The van der Waals surface area contributed by atoms with Crippen molar-refractivity contribution in [2.45, 2.75) is 50.7 Å². The maximum Gasteiger partial charge on any atom is 0.247 e. The van der Waals surface area contributed by atoms with Crippen LogP contribution in [0.1, 0.15) is 56.2 Å². The number of hydrogen-bond acceptors (Lipinski definition) is 6. The molecule has 0 spiro atoms. The second-order valence-electron chi connectivity index (χ2n) is 9.45. The van der Waals surface area contributed by atoms with Gasteiger partial charge in [-0.25, -0.2) is 0 Å². The first-order chi connectivity index (χ1) is 17.5. The van der Waals surface area contributed by atoms with Crippen molar-refractivity contribution >= 4 is 12.0 Å². The van der Waals surface area contributed by atoms with Crippen LogP contribution in [0.3, 0.4) is 0 Å². The lowest BCUT2D eigenvalue weighted by atomic mass is 9.66. The zero-order valence-corrected chi connectivity index (χ0v) is 21.7. The molecule has 194 valence electrons. The monoisotopic (exact) mass is 495 g/mol. The molecule has 3 atom stereocenters. The van der Waals surface area contributed by atoms with Crippen molar-refractivity contribution in [1.29, 1.82) is 0 Å². The molecule has 7 heteroatoms. The van der Waals surface area contributed by atoms with Crippen molar-refractivity contribution in [1.82, 2.24) is 4.90 Å². The molecular weight excluding hydrogens is 458 g/mol. The van der Waals surface area contributed by atoms with E-state index in [1.54, 1.807) is 33.5 Å². The lowest BCUT2D eigenvalue weighted by Crippen LogP contribution is -2.56. The standard InChI is InChI=1S/C29H37NO6/c1-5-36-23-12-7-6-10-21(23)27-22-11-8-9-15-29(22,32)16-17-30(27)26(31)14-13-20-18-24(33-2)28(35-4)25(19-20)34-3/h6-7,10,12-14,18-19,22,27,32H,5,8-9,11,15-17H2,1-4H3/b14-13+/t22?,27-,29?/m0/s1. The van der Waals surface area contributed by atoms with Crippen molar-refractivity contribution in [3.63, 3.8) is 0 Å². The summed E-state index contributed by atoms with van der Waals surface area (Å²) in [6, 6.07) is 11.3. The summed E-state index contributed by atoms with van der Waals surface area (Å²) in [4.78, 5) is 15.6. The summed E-state index contributed by atoms with van der Waals surface area (Å²) >= 11 is 0. The fraction of sp³-hybridized carbons (Fsp3) is 0.483. The van der Waals surface area contributed by atoms with Gasteiger partial charge in [-0.15, -0.1) is 0 Å². The highest BCUT2D eigenvalue weighted by molar-refractivity contribution is 5.92. The zero-order valence-electron chi connectivity index (χ0n) is 21.7. The minimum atomic E-state index is -0.764. The number of amides is 1. The average Bonchev–Trinajstić information content (AvgIpc) is 2.90. The molecule has 1 aliphatic carbocycles. The van der Waals surface area contributed by atoms with Crippen molar-refractivity contribution in [2.75, 3.05) is 34.5 Å². The van der Waals surface area contributed by atoms with Crippen LogP contribution in [-0.2, 0) is 4.79 Å². The van der Waals surface area contributed by atoms with Gasteiger partial charge in [0.2, 0.25) is 11.7 Å². The predicted molar refractivity (Wildman–Crippen MR) is 139 cm³/mol. The van der Waals surface area contributed by atoms with Crippen LogP contribution in [0, 0.1) is 5.92 Å². The summed E-state index contributed by atoms with van der Waals surface area (Å²) < 4.78 is 22.3. The highest BCUT2D eigenvalue weighted by Crippen LogP contribution is 2.51. The number of hydrogen-bond donors (Lipinski definition) is 1. The Hall–Kier alpha value is -3.19. The van der Waals surface area contributed by atoms with Gasteiger partial charge < -0.3 is 29.0 Å². The van der Waals surface area contributed by atoms with Crippen LogP contribution in [0.2, 0.25) is 0 Å². The highest BCUT2D eigenvalue weighted by Gasteiger charge is 2.50. The van der Waals surface area contributed by atoms with Crippen LogP contribution in [0.4, 0.5) is 0 Å². The Balaban J connectivity index is 1.69. The number of piperidine rings is 1. The molecule has 2 fully saturated rings.